The molecule has 34 heavy (non-hydrogen) atoms. The van der Waals surface area contributed by atoms with Crippen LogP contribution in [0.1, 0.15) is 53.5 Å². The van der Waals surface area contributed by atoms with E-state index in [4.69, 9.17) is 23.7 Å². The van der Waals surface area contributed by atoms with Gasteiger partial charge in [-0.15, -0.1) is 0 Å². The van der Waals surface area contributed by atoms with Crippen molar-refractivity contribution in [3.8, 4) is 0 Å². The fraction of sp³-hybridized carbons (Fsp3) is 0.583. The number of rotatable bonds is 7. The van der Waals surface area contributed by atoms with Gasteiger partial charge in [-0.3, -0.25) is 14.4 Å². The molecule has 1 saturated carbocycles. The van der Waals surface area contributed by atoms with Gasteiger partial charge in [-0.2, -0.15) is 0 Å². The molecule has 0 heterocycles. The summed E-state index contributed by atoms with van der Waals surface area (Å²) < 4.78 is 27.9. The molecule has 0 radical (unpaired) electrons. The van der Waals surface area contributed by atoms with Crippen LogP contribution in [0.3, 0.4) is 0 Å². The van der Waals surface area contributed by atoms with E-state index in [9.17, 15) is 19.2 Å². The topological polar surface area (TPSA) is 126 Å². The van der Waals surface area contributed by atoms with Gasteiger partial charge in [0.25, 0.3) is 0 Å². The molecule has 1 aromatic carbocycles. The summed E-state index contributed by atoms with van der Waals surface area (Å²) in [6, 6.07) is 8.25. The van der Waals surface area contributed by atoms with E-state index < -0.39 is 60.1 Å². The van der Waals surface area contributed by atoms with Crippen molar-refractivity contribution in [3.63, 3.8) is 0 Å². The summed E-state index contributed by atoms with van der Waals surface area (Å²) in [6.07, 6.45) is -4.81. The molecule has 0 saturated heterocycles. The zero-order valence-electron chi connectivity index (χ0n) is 20.4. The second-order valence-electron chi connectivity index (χ2n) is 9.04. The molecule has 10 nitrogen and oxygen atoms in total. The van der Waals surface area contributed by atoms with Crippen LogP contribution in [-0.4, -0.2) is 60.1 Å². The van der Waals surface area contributed by atoms with Crippen molar-refractivity contribution in [1.82, 2.24) is 5.32 Å². The number of esters is 3. The molecular formula is C24H33NO9. The van der Waals surface area contributed by atoms with E-state index >= 15 is 0 Å². The zero-order chi connectivity index (χ0) is 25.5. The molecule has 1 N–H and O–H groups in total. The number of carbonyl (C=O) groups is 4. The molecule has 5 atom stereocenters. The van der Waals surface area contributed by atoms with Crippen molar-refractivity contribution in [2.45, 2.75) is 90.6 Å². The first-order valence-corrected chi connectivity index (χ1v) is 11.0. The van der Waals surface area contributed by atoms with Crippen LogP contribution in [0.25, 0.3) is 0 Å². The van der Waals surface area contributed by atoms with Crippen LogP contribution in [-0.2, 0) is 44.7 Å². The second kappa shape index (κ2) is 11.8. The lowest BCUT2D eigenvalue weighted by molar-refractivity contribution is -0.206. The maximum atomic E-state index is 12.6. The Balaban J connectivity index is 2.44. The van der Waals surface area contributed by atoms with Crippen molar-refractivity contribution in [3.05, 3.63) is 35.9 Å². The van der Waals surface area contributed by atoms with Gasteiger partial charge in [-0.05, 0) is 26.3 Å². The molecule has 0 bridgehead atoms. The van der Waals surface area contributed by atoms with E-state index in [0.717, 1.165) is 5.56 Å². The van der Waals surface area contributed by atoms with E-state index in [-0.39, 0.29) is 13.0 Å². The average Bonchev–Trinajstić information content (AvgIpc) is 2.68. The smallest absolute Gasteiger partial charge is 0.408 e. The molecule has 1 aliphatic rings. The lowest BCUT2D eigenvalue weighted by Gasteiger charge is -2.44. The number of hydrogen-bond donors (Lipinski definition) is 1. The van der Waals surface area contributed by atoms with Gasteiger partial charge in [0.1, 0.15) is 23.9 Å². The number of amides is 1. The number of carbonyl (C=O) groups excluding carboxylic acids is 4. The van der Waals surface area contributed by atoms with E-state index in [1.54, 1.807) is 20.8 Å². The van der Waals surface area contributed by atoms with Crippen LogP contribution in [0.15, 0.2) is 30.3 Å². The lowest BCUT2D eigenvalue weighted by Crippen LogP contribution is -2.65. The highest BCUT2D eigenvalue weighted by molar-refractivity contribution is 5.70. The highest BCUT2D eigenvalue weighted by Crippen LogP contribution is 2.31. The number of nitrogens with one attached hydrogen (secondary N) is 1. The zero-order valence-corrected chi connectivity index (χ0v) is 20.4. The average molecular weight is 480 g/mol. The summed E-state index contributed by atoms with van der Waals surface area (Å²) in [5.74, 6) is -1.84. The molecule has 1 fully saturated rings. The fourth-order valence-electron chi connectivity index (χ4n) is 3.72. The van der Waals surface area contributed by atoms with Crippen LogP contribution in [0, 0.1) is 0 Å². The SMILES string of the molecule is CC(=O)O[C@H]1[C@H](OCc2ccccc2)[C@@H](NC(=O)OC(C)(C)C)[C@@H](OC(C)=O)C[C@H]1OC(C)=O. The number of benzene rings is 1. The van der Waals surface area contributed by atoms with E-state index in [2.05, 4.69) is 5.32 Å². The van der Waals surface area contributed by atoms with Gasteiger partial charge in [0.15, 0.2) is 6.10 Å². The third-order valence-electron chi connectivity index (χ3n) is 4.81. The summed E-state index contributed by atoms with van der Waals surface area (Å²) >= 11 is 0. The number of alkyl carbamates (subject to hydrolysis) is 1. The summed E-state index contributed by atoms with van der Waals surface area (Å²) in [5, 5.41) is 2.70. The predicted molar refractivity (Wildman–Crippen MR) is 119 cm³/mol. The molecule has 10 heteroatoms. The summed E-state index contributed by atoms with van der Waals surface area (Å²) in [7, 11) is 0. The van der Waals surface area contributed by atoms with Crippen LogP contribution in [0.5, 0.6) is 0 Å². The molecule has 0 aromatic heterocycles. The van der Waals surface area contributed by atoms with Crippen LogP contribution >= 0.6 is 0 Å². The van der Waals surface area contributed by atoms with Crippen molar-refractivity contribution < 1.29 is 42.9 Å². The Morgan fingerprint density at radius 1 is 0.853 bits per heavy atom. The minimum absolute atomic E-state index is 0.0250. The largest absolute Gasteiger partial charge is 0.460 e. The second-order valence-corrected chi connectivity index (χ2v) is 9.04. The molecule has 0 unspecified atom stereocenters. The van der Waals surface area contributed by atoms with Crippen molar-refractivity contribution in [1.29, 1.82) is 0 Å². The predicted octanol–water partition coefficient (Wildman–Crippen LogP) is 2.66. The highest BCUT2D eigenvalue weighted by atomic mass is 16.6. The van der Waals surface area contributed by atoms with E-state index in [1.807, 2.05) is 30.3 Å². The van der Waals surface area contributed by atoms with Gasteiger partial charge < -0.3 is 29.0 Å². The van der Waals surface area contributed by atoms with Gasteiger partial charge in [-0.1, -0.05) is 30.3 Å². The molecule has 1 amide bonds. The molecular weight excluding hydrogens is 446 g/mol. The Morgan fingerprint density at radius 2 is 1.41 bits per heavy atom. The normalized spacial score (nSPS) is 24.5. The summed E-state index contributed by atoms with van der Waals surface area (Å²) in [6.45, 7) is 8.87. The maximum absolute atomic E-state index is 12.6. The highest BCUT2D eigenvalue weighted by Gasteiger charge is 2.51. The first kappa shape index (κ1) is 27.1. The number of ether oxygens (including phenoxy) is 5. The monoisotopic (exact) mass is 479 g/mol. The third-order valence-corrected chi connectivity index (χ3v) is 4.81. The Hall–Kier alpha value is -3.14. The standard InChI is InChI=1S/C24H33NO9/c1-14(26)31-18-12-19(32-15(2)27)21(33-16(3)28)22(30-13-17-10-8-7-9-11-17)20(18)25-23(29)34-24(4,5)6/h7-11,18-22H,12-13H2,1-6H3,(H,25,29)/t18-,19+,20-,21+,22+/m0/s1. The minimum Gasteiger partial charge on any atom is -0.460 e. The minimum atomic E-state index is -1.07. The molecule has 1 aliphatic carbocycles. The van der Waals surface area contributed by atoms with Gasteiger partial charge in [0.2, 0.25) is 0 Å². The third kappa shape index (κ3) is 8.66. The van der Waals surface area contributed by atoms with E-state index in [0.29, 0.717) is 0 Å². The summed E-state index contributed by atoms with van der Waals surface area (Å²) in [5.41, 5.74) is 0.0322. The van der Waals surface area contributed by atoms with Crippen molar-refractivity contribution >= 4 is 24.0 Å². The molecule has 1 aromatic rings. The quantitative estimate of drug-likeness (QED) is 0.464. The molecule has 188 valence electrons. The Kier molecular flexibility index (Phi) is 9.43. The first-order valence-electron chi connectivity index (χ1n) is 11.0. The van der Waals surface area contributed by atoms with Crippen LogP contribution in [0.2, 0.25) is 0 Å². The number of hydrogen-bond acceptors (Lipinski definition) is 9. The fourth-order valence-corrected chi connectivity index (χ4v) is 3.72. The first-order chi connectivity index (χ1) is 15.9. The lowest BCUT2D eigenvalue weighted by atomic mass is 9.84. The Bertz CT molecular complexity index is 865. The van der Waals surface area contributed by atoms with Crippen LogP contribution in [0.4, 0.5) is 4.79 Å². The van der Waals surface area contributed by atoms with Gasteiger partial charge in [-0.25, -0.2) is 4.79 Å². The molecule has 2 rings (SSSR count). The maximum Gasteiger partial charge on any atom is 0.408 e. The van der Waals surface area contributed by atoms with Crippen molar-refractivity contribution in [2.75, 3.05) is 0 Å². The van der Waals surface area contributed by atoms with Gasteiger partial charge >= 0.3 is 24.0 Å². The van der Waals surface area contributed by atoms with E-state index in [1.165, 1.54) is 20.8 Å². The van der Waals surface area contributed by atoms with Crippen molar-refractivity contribution in [2.24, 2.45) is 0 Å². The van der Waals surface area contributed by atoms with Crippen LogP contribution < -0.4 is 5.32 Å². The molecule has 0 spiro atoms. The molecule has 0 aliphatic heterocycles. The Labute approximate surface area is 199 Å². The summed E-state index contributed by atoms with van der Waals surface area (Å²) in [4.78, 5) is 48.2. The van der Waals surface area contributed by atoms with Gasteiger partial charge in [0, 0.05) is 27.2 Å². The Morgan fingerprint density at radius 3 is 1.94 bits per heavy atom. The van der Waals surface area contributed by atoms with Gasteiger partial charge in [0.05, 0.1) is 12.6 Å².